The molecule has 3 nitrogen and oxygen atoms in total. The largest absolute Gasteiger partial charge is 0.355 e. The fourth-order valence-corrected chi connectivity index (χ4v) is 2.71. The summed E-state index contributed by atoms with van der Waals surface area (Å²) in [6.07, 6.45) is 1.99. The van der Waals surface area contributed by atoms with Gasteiger partial charge in [-0.05, 0) is 23.3 Å². The van der Waals surface area contributed by atoms with Crippen LogP contribution in [-0.4, -0.2) is 30.4 Å². The van der Waals surface area contributed by atoms with Crippen molar-refractivity contribution in [3.63, 3.8) is 0 Å². The molecule has 1 heterocycles. The molecule has 3 N–H and O–H groups in total. The molecule has 0 aromatic heterocycles. The van der Waals surface area contributed by atoms with E-state index in [1.54, 1.807) is 6.07 Å². The molecular formula is C14H17ClFN3. The van der Waals surface area contributed by atoms with Gasteiger partial charge in [0.05, 0.1) is 11.1 Å². The first-order chi connectivity index (χ1) is 8.95. The Morgan fingerprint density at radius 1 is 1.47 bits per heavy atom. The molecule has 1 aromatic rings. The van der Waals surface area contributed by atoms with Crippen LogP contribution in [-0.2, 0) is 0 Å². The topological polar surface area (TPSA) is 53.1 Å². The zero-order valence-corrected chi connectivity index (χ0v) is 11.7. The van der Waals surface area contributed by atoms with Crippen LogP contribution in [0.2, 0.25) is 5.02 Å². The summed E-state index contributed by atoms with van der Waals surface area (Å²) < 4.78 is 13.1. The van der Waals surface area contributed by atoms with Gasteiger partial charge in [0.25, 0.3) is 0 Å². The van der Waals surface area contributed by atoms with E-state index in [0.29, 0.717) is 17.4 Å². The molecule has 1 aliphatic heterocycles. The van der Waals surface area contributed by atoms with E-state index in [9.17, 15) is 4.39 Å². The summed E-state index contributed by atoms with van der Waals surface area (Å²) in [5, 5.41) is 8.38. The maximum atomic E-state index is 13.1. The van der Waals surface area contributed by atoms with Crippen LogP contribution in [0.25, 0.3) is 5.57 Å². The third kappa shape index (κ3) is 2.51. The summed E-state index contributed by atoms with van der Waals surface area (Å²) in [6, 6.07) is 4.25. The predicted octanol–water partition coefficient (Wildman–Crippen LogP) is 2.75. The van der Waals surface area contributed by atoms with Crippen molar-refractivity contribution in [1.29, 1.82) is 5.41 Å². The highest BCUT2D eigenvalue weighted by Crippen LogP contribution is 2.33. The Kier molecular flexibility index (Phi) is 3.92. The lowest BCUT2D eigenvalue weighted by molar-refractivity contribution is 0.412. The molecule has 1 aromatic carbocycles. The summed E-state index contributed by atoms with van der Waals surface area (Å²) in [5.41, 5.74) is 7.55. The van der Waals surface area contributed by atoms with Crippen molar-refractivity contribution >= 4 is 23.0 Å². The molecule has 102 valence electrons. The van der Waals surface area contributed by atoms with E-state index in [1.807, 2.05) is 24.9 Å². The number of hydrogen-bond acceptors (Lipinski definition) is 2. The first kappa shape index (κ1) is 14.0. The van der Waals surface area contributed by atoms with Gasteiger partial charge >= 0.3 is 0 Å². The van der Waals surface area contributed by atoms with Crippen LogP contribution in [0.3, 0.4) is 0 Å². The monoisotopic (exact) mass is 281 g/mol. The Balaban J connectivity index is 2.52. The number of nitrogens with two attached hydrogens (primary N) is 1. The van der Waals surface area contributed by atoms with Gasteiger partial charge in [-0.1, -0.05) is 30.7 Å². The van der Waals surface area contributed by atoms with E-state index in [1.165, 1.54) is 12.1 Å². The Bertz CT molecular complexity index is 541. The lowest BCUT2D eigenvalue weighted by Gasteiger charge is -2.38. The lowest BCUT2D eigenvalue weighted by Crippen LogP contribution is -2.47. The maximum Gasteiger partial charge on any atom is 0.124 e. The van der Waals surface area contributed by atoms with Crippen molar-refractivity contribution in [3.8, 4) is 0 Å². The van der Waals surface area contributed by atoms with Crippen molar-refractivity contribution in [2.75, 3.05) is 13.6 Å². The number of benzene rings is 1. The quantitative estimate of drug-likeness (QED) is 0.876. The number of nitrogens with one attached hydrogen (secondary N) is 1. The Morgan fingerprint density at radius 2 is 2.16 bits per heavy atom. The van der Waals surface area contributed by atoms with E-state index in [2.05, 4.69) is 0 Å². The molecule has 0 fully saturated rings. The van der Waals surface area contributed by atoms with Crippen molar-refractivity contribution in [1.82, 2.24) is 4.90 Å². The van der Waals surface area contributed by atoms with E-state index in [0.717, 1.165) is 11.1 Å². The molecule has 2 unspecified atom stereocenters. The molecule has 19 heavy (non-hydrogen) atoms. The van der Waals surface area contributed by atoms with E-state index in [-0.39, 0.29) is 17.8 Å². The summed E-state index contributed by atoms with van der Waals surface area (Å²) >= 11 is 6.12. The molecule has 0 spiro atoms. The summed E-state index contributed by atoms with van der Waals surface area (Å²) in [5.74, 6) is 0.157. The fraction of sp³-hybridized carbons (Fsp3) is 0.357. The Morgan fingerprint density at radius 3 is 2.74 bits per heavy atom. The maximum absolute atomic E-state index is 13.1. The molecule has 0 aliphatic carbocycles. The third-order valence-electron chi connectivity index (χ3n) is 3.53. The highest BCUT2D eigenvalue weighted by atomic mass is 35.5. The van der Waals surface area contributed by atoms with Gasteiger partial charge in [0.15, 0.2) is 0 Å². The number of halogens is 2. The van der Waals surface area contributed by atoms with Crippen LogP contribution in [0.4, 0.5) is 4.39 Å². The summed E-state index contributed by atoms with van der Waals surface area (Å²) in [4.78, 5) is 1.85. The molecular weight excluding hydrogens is 265 g/mol. The number of hydrogen-bond donors (Lipinski definition) is 2. The van der Waals surface area contributed by atoms with Gasteiger partial charge < -0.3 is 10.6 Å². The van der Waals surface area contributed by atoms with Crippen molar-refractivity contribution in [2.45, 2.75) is 13.0 Å². The van der Waals surface area contributed by atoms with Gasteiger partial charge in [0.1, 0.15) is 11.7 Å². The summed E-state index contributed by atoms with van der Waals surface area (Å²) in [7, 11) is 1.85. The Labute approximate surface area is 117 Å². The second-order valence-corrected chi connectivity index (χ2v) is 5.19. The van der Waals surface area contributed by atoms with E-state index in [4.69, 9.17) is 22.7 Å². The SMILES string of the molecule is CC1C=C(c2ccc(F)cc2Cl)C(CN)N(C)C1=N. The molecule has 0 amide bonds. The predicted molar refractivity (Wildman–Crippen MR) is 76.9 cm³/mol. The van der Waals surface area contributed by atoms with Gasteiger partial charge in [-0.3, -0.25) is 5.41 Å². The minimum absolute atomic E-state index is 0.0103. The smallest absolute Gasteiger partial charge is 0.124 e. The molecule has 0 radical (unpaired) electrons. The molecule has 2 rings (SSSR count). The van der Waals surface area contributed by atoms with Gasteiger partial charge in [-0.25, -0.2) is 4.39 Å². The van der Waals surface area contributed by atoms with Crippen molar-refractivity contribution < 1.29 is 4.39 Å². The molecule has 5 heteroatoms. The third-order valence-corrected chi connectivity index (χ3v) is 3.85. The number of likely N-dealkylation sites (N-methyl/N-ethyl adjacent to an activating group) is 1. The second kappa shape index (κ2) is 5.31. The average Bonchev–Trinajstić information content (AvgIpc) is 2.36. The van der Waals surface area contributed by atoms with E-state index < -0.39 is 0 Å². The zero-order chi connectivity index (χ0) is 14.2. The fourth-order valence-electron chi connectivity index (χ4n) is 2.44. The van der Waals surface area contributed by atoms with Crippen molar-refractivity contribution in [2.24, 2.45) is 11.7 Å². The average molecular weight is 282 g/mol. The van der Waals surface area contributed by atoms with Gasteiger partial charge in [0, 0.05) is 19.5 Å². The second-order valence-electron chi connectivity index (χ2n) is 4.78. The minimum atomic E-state index is -0.358. The standard InChI is InChI=1S/C14H17ClFN3/c1-8-5-11(13(7-17)19(2)14(8)18)10-4-3-9(16)6-12(10)15/h3-6,8,13,18H,7,17H2,1-2H3. The molecule has 0 bridgehead atoms. The normalized spacial score (nSPS) is 23.5. The Hall–Kier alpha value is -1.39. The van der Waals surface area contributed by atoms with Gasteiger partial charge in [-0.2, -0.15) is 0 Å². The number of nitrogens with zero attached hydrogens (tertiary/aromatic N) is 1. The first-order valence-electron chi connectivity index (χ1n) is 6.14. The van der Waals surface area contributed by atoms with Gasteiger partial charge in [-0.15, -0.1) is 0 Å². The lowest BCUT2D eigenvalue weighted by atomic mass is 9.89. The molecule has 2 atom stereocenters. The van der Waals surface area contributed by atoms with Crippen LogP contribution >= 0.6 is 11.6 Å². The highest BCUT2D eigenvalue weighted by molar-refractivity contribution is 6.32. The van der Waals surface area contributed by atoms with Crippen LogP contribution in [0.1, 0.15) is 12.5 Å². The van der Waals surface area contributed by atoms with Crippen LogP contribution in [0.15, 0.2) is 24.3 Å². The molecule has 0 saturated heterocycles. The number of amidine groups is 1. The van der Waals surface area contributed by atoms with E-state index >= 15 is 0 Å². The van der Waals surface area contributed by atoms with Crippen LogP contribution in [0, 0.1) is 17.1 Å². The molecule has 1 aliphatic rings. The first-order valence-corrected chi connectivity index (χ1v) is 6.52. The minimum Gasteiger partial charge on any atom is -0.355 e. The molecule has 0 saturated carbocycles. The van der Waals surface area contributed by atoms with Crippen LogP contribution in [0.5, 0.6) is 0 Å². The van der Waals surface area contributed by atoms with Crippen LogP contribution < -0.4 is 5.73 Å². The summed E-state index contributed by atoms with van der Waals surface area (Å²) in [6.45, 7) is 2.33. The zero-order valence-electron chi connectivity index (χ0n) is 11.0. The highest BCUT2D eigenvalue weighted by Gasteiger charge is 2.29. The number of rotatable bonds is 2. The van der Waals surface area contributed by atoms with Crippen molar-refractivity contribution in [3.05, 3.63) is 40.7 Å². The van der Waals surface area contributed by atoms with Gasteiger partial charge in [0.2, 0.25) is 0 Å².